The molecule has 1 amide bonds. The minimum atomic E-state index is -0.244. The minimum Gasteiger partial charge on any atom is -0.494 e. The second kappa shape index (κ2) is 9.19. The monoisotopic (exact) mass is 402 g/mol. The summed E-state index contributed by atoms with van der Waals surface area (Å²) in [6.07, 6.45) is 4.04. The highest BCUT2D eigenvalue weighted by atomic mass is 32.2. The lowest BCUT2D eigenvalue weighted by atomic mass is 10.1. The molecule has 0 unspecified atom stereocenters. The summed E-state index contributed by atoms with van der Waals surface area (Å²) in [6.45, 7) is 5.49. The molecule has 1 atom stereocenters. The van der Waals surface area contributed by atoms with Gasteiger partial charge in [0.25, 0.3) is 0 Å². The summed E-state index contributed by atoms with van der Waals surface area (Å²) >= 11 is 6.88. The number of hydrogen-bond acceptors (Lipinski definition) is 6. The first-order valence-corrected chi connectivity index (χ1v) is 10.2. The van der Waals surface area contributed by atoms with Gasteiger partial charge in [0.15, 0.2) is 0 Å². The summed E-state index contributed by atoms with van der Waals surface area (Å²) in [7, 11) is 0. The van der Waals surface area contributed by atoms with Gasteiger partial charge < -0.3 is 9.47 Å². The van der Waals surface area contributed by atoms with Crippen molar-refractivity contribution in [3.8, 4) is 11.5 Å². The largest absolute Gasteiger partial charge is 0.494 e. The van der Waals surface area contributed by atoms with Crippen LogP contribution in [0.1, 0.15) is 25.0 Å². The predicted molar refractivity (Wildman–Crippen MR) is 111 cm³/mol. The fourth-order valence-electron chi connectivity index (χ4n) is 2.89. The van der Waals surface area contributed by atoms with E-state index < -0.39 is 0 Å². The quantitative estimate of drug-likeness (QED) is 0.625. The van der Waals surface area contributed by atoms with Crippen LogP contribution in [0.15, 0.2) is 42.7 Å². The fourth-order valence-corrected chi connectivity index (χ4v) is 4.41. The molecule has 1 aromatic carbocycles. The Morgan fingerprint density at radius 3 is 2.74 bits per heavy atom. The highest BCUT2D eigenvalue weighted by Gasteiger charge is 2.37. The fraction of sp³-hybridized carbons (Fsp3) is 0.350. The Morgan fingerprint density at radius 2 is 2.04 bits per heavy atom. The van der Waals surface area contributed by atoms with Crippen molar-refractivity contribution in [3.63, 3.8) is 0 Å². The molecule has 3 rings (SSSR count). The van der Waals surface area contributed by atoms with E-state index in [0.29, 0.717) is 30.5 Å². The molecule has 1 saturated heterocycles. The summed E-state index contributed by atoms with van der Waals surface area (Å²) in [5.74, 6) is 1.56. The molecule has 0 radical (unpaired) electrons. The second-order valence-corrected chi connectivity index (χ2v) is 7.83. The minimum absolute atomic E-state index is 0.0326. The van der Waals surface area contributed by atoms with Gasteiger partial charge in [-0.2, -0.15) is 0 Å². The van der Waals surface area contributed by atoms with Gasteiger partial charge in [-0.15, -0.1) is 0 Å². The molecule has 2 aromatic rings. The lowest BCUT2D eigenvalue weighted by molar-refractivity contribution is -0.126. The summed E-state index contributed by atoms with van der Waals surface area (Å²) in [5.41, 5.74) is 1.95. The van der Waals surface area contributed by atoms with Crippen LogP contribution in [0.25, 0.3) is 0 Å². The Bertz CT molecular complexity index is 814. The van der Waals surface area contributed by atoms with Gasteiger partial charge in [-0.05, 0) is 43.5 Å². The number of nitrogens with zero attached hydrogens (tertiary/aromatic N) is 2. The summed E-state index contributed by atoms with van der Waals surface area (Å²) in [6, 6.07) is 9.57. The molecule has 1 aliphatic heterocycles. The normalized spacial score (nSPS) is 16.7. The number of aromatic nitrogens is 1. The average molecular weight is 403 g/mol. The number of amides is 1. The number of thiocarbonyl (C=S) groups is 1. The summed E-state index contributed by atoms with van der Waals surface area (Å²) in [5, 5.41) is -0.244. The molecule has 27 heavy (non-hydrogen) atoms. The summed E-state index contributed by atoms with van der Waals surface area (Å²) < 4.78 is 11.9. The van der Waals surface area contributed by atoms with Crippen molar-refractivity contribution in [2.24, 2.45) is 0 Å². The molecule has 0 bridgehead atoms. The molecule has 5 nitrogen and oxygen atoms in total. The number of ether oxygens (including phenoxy) is 2. The van der Waals surface area contributed by atoms with Crippen molar-refractivity contribution in [1.82, 2.24) is 9.88 Å². The van der Waals surface area contributed by atoms with Crippen molar-refractivity contribution in [3.05, 3.63) is 53.9 Å². The van der Waals surface area contributed by atoms with Crippen LogP contribution < -0.4 is 9.47 Å². The Morgan fingerprint density at radius 1 is 1.22 bits per heavy atom. The zero-order chi connectivity index (χ0) is 19.2. The Hall–Kier alpha value is -2.12. The molecule has 7 heteroatoms. The topological polar surface area (TPSA) is 51.7 Å². The Kier molecular flexibility index (Phi) is 6.68. The lowest BCUT2D eigenvalue weighted by Crippen LogP contribution is -2.31. The van der Waals surface area contributed by atoms with Crippen molar-refractivity contribution in [2.75, 3.05) is 13.2 Å². The molecular weight excluding hydrogens is 380 g/mol. The van der Waals surface area contributed by atoms with Crippen LogP contribution in [0.2, 0.25) is 0 Å². The van der Waals surface area contributed by atoms with Crippen LogP contribution in [-0.4, -0.2) is 38.6 Å². The molecule has 1 aromatic heterocycles. The van der Waals surface area contributed by atoms with E-state index in [1.54, 1.807) is 17.3 Å². The Balaban J connectivity index is 1.74. The zero-order valence-corrected chi connectivity index (χ0v) is 17.0. The maximum Gasteiger partial charge on any atom is 0.242 e. The highest BCUT2D eigenvalue weighted by Crippen LogP contribution is 2.34. The standard InChI is InChI=1S/C20H22N2O3S2/c1-3-24-16-8-7-15(17(11-16)25-4-2)10-18-19(23)22(20(26)27-18)13-14-6-5-9-21-12-14/h5-9,11-12,18H,3-4,10,13H2,1-2H3/t18-/m1/s1. The molecule has 1 aliphatic rings. The van der Waals surface area contributed by atoms with E-state index >= 15 is 0 Å². The lowest BCUT2D eigenvalue weighted by Gasteiger charge is -2.16. The van der Waals surface area contributed by atoms with Gasteiger partial charge in [0.2, 0.25) is 5.91 Å². The highest BCUT2D eigenvalue weighted by molar-refractivity contribution is 8.24. The number of thioether (sulfide) groups is 1. The van der Waals surface area contributed by atoms with Crippen LogP contribution in [0, 0.1) is 0 Å². The number of benzene rings is 1. The van der Waals surface area contributed by atoms with Crippen LogP contribution in [0.3, 0.4) is 0 Å². The first-order valence-electron chi connectivity index (χ1n) is 8.91. The average Bonchev–Trinajstić information content (AvgIpc) is 2.93. The van der Waals surface area contributed by atoms with Gasteiger partial charge >= 0.3 is 0 Å². The van der Waals surface area contributed by atoms with Crippen LogP contribution in [-0.2, 0) is 17.8 Å². The van der Waals surface area contributed by atoms with Gasteiger partial charge in [-0.25, -0.2) is 0 Å². The molecular formula is C20H22N2O3S2. The zero-order valence-electron chi connectivity index (χ0n) is 15.4. The maximum atomic E-state index is 12.9. The number of hydrogen-bond donors (Lipinski definition) is 0. The van der Waals surface area contributed by atoms with E-state index in [9.17, 15) is 4.79 Å². The van der Waals surface area contributed by atoms with Crippen LogP contribution in [0.5, 0.6) is 11.5 Å². The van der Waals surface area contributed by atoms with E-state index in [2.05, 4.69) is 4.98 Å². The third-order valence-electron chi connectivity index (χ3n) is 4.12. The van der Waals surface area contributed by atoms with Crippen molar-refractivity contribution < 1.29 is 14.3 Å². The van der Waals surface area contributed by atoms with Gasteiger partial charge in [0, 0.05) is 18.5 Å². The molecule has 0 saturated carbocycles. The first kappa shape index (κ1) is 19.6. The number of pyridine rings is 1. The summed E-state index contributed by atoms with van der Waals surface area (Å²) in [4.78, 5) is 18.7. The number of carbonyl (C=O) groups excluding carboxylic acids is 1. The number of rotatable bonds is 8. The number of carbonyl (C=O) groups is 1. The van der Waals surface area contributed by atoms with Crippen molar-refractivity contribution in [2.45, 2.75) is 32.1 Å². The van der Waals surface area contributed by atoms with E-state index in [4.69, 9.17) is 21.7 Å². The van der Waals surface area contributed by atoms with E-state index in [0.717, 1.165) is 22.6 Å². The van der Waals surface area contributed by atoms with Crippen LogP contribution >= 0.6 is 24.0 Å². The smallest absolute Gasteiger partial charge is 0.242 e. The molecule has 0 N–H and O–H groups in total. The molecule has 2 heterocycles. The predicted octanol–water partition coefficient (Wildman–Crippen LogP) is 3.85. The van der Waals surface area contributed by atoms with Gasteiger partial charge in [0.05, 0.1) is 25.0 Å². The van der Waals surface area contributed by atoms with Crippen molar-refractivity contribution in [1.29, 1.82) is 0 Å². The van der Waals surface area contributed by atoms with Crippen molar-refractivity contribution >= 4 is 34.2 Å². The van der Waals surface area contributed by atoms with Crippen LogP contribution in [0.4, 0.5) is 0 Å². The molecule has 142 valence electrons. The van der Waals surface area contributed by atoms with E-state index in [1.165, 1.54) is 11.8 Å². The van der Waals surface area contributed by atoms with Gasteiger partial charge in [0.1, 0.15) is 15.8 Å². The SMILES string of the molecule is CCOc1ccc(C[C@H]2SC(=S)N(Cc3cccnc3)C2=O)c(OCC)c1. The van der Waals surface area contributed by atoms with E-state index in [1.807, 2.05) is 44.2 Å². The molecule has 1 fully saturated rings. The second-order valence-electron chi connectivity index (χ2n) is 6.00. The van der Waals surface area contributed by atoms with Gasteiger partial charge in [-0.1, -0.05) is 36.1 Å². The molecule has 0 aliphatic carbocycles. The van der Waals surface area contributed by atoms with Gasteiger partial charge in [-0.3, -0.25) is 14.7 Å². The third-order valence-corrected chi connectivity index (χ3v) is 5.71. The first-order chi connectivity index (χ1) is 13.1. The Labute approximate surface area is 169 Å². The molecule has 0 spiro atoms. The van der Waals surface area contributed by atoms with E-state index in [-0.39, 0.29) is 11.2 Å². The third kappa shape index (κ3) is 4.78. The maximum absolute atomic E-state index is 12.9.